The molecule has 5 rings (SSSR count). The standard InChI is InChI=1S/C26H20N6OS2/c27-21-20-19(16-10-4-1-5-11-16)22(17-12-6-2-7-13-17)29-31-25(20)35-23(21)24(33)30-32-26(34)28-18-14-8-3-9-15-18/h1-15H,27H2,(H,30,33)(H2,28,32,34). The molecular weight excluding hydrogens is 476 g/mol. The molecule has 0 fully saturated rings. The molecule has 0 saturated heterocycles. The fourth-order valence-corrected chi connectivity index (χ4v) is 4.83. The zero-order chi connectivity index (χ0) is 24.2. The lowest BCUT2D eigenvalue weighted by Crippen LogP contribution is -2.43. The van der Waals surface area contributed by atoms with Crippen molar-refractivity contribution in [3.8, 4) is 22.4 Å². The van der Waals surface area contributed by atoms with Gasteiger partial charge in [-0.05, 0) is 29.9 Å². The minimum atomic E-state index is -0.414. The Kier molecular flexibility index (Phi) is 6.34. The maximum absolute atomic E-state index is 13.0. The summed E-state index contributed by atoms with van der Waals surface area (Å²) in [6.45, 7) is 0. The van der Waals surface area contributed by atoms with E-state index in [1.807, 2.05) is 91.0 Å². The first kappa shape index (κ1) is 22.5. The maximum atomic E-state index is 13.0. The number of carbonyl (C=O) groups excluding carboxylic acids is 1. The van der Waals surface area contributed by atoms with Gasteiger partial charge < -0.3 is 11.1 Å². The Morgan fingerprint density at radius 3 is 2.06 bits per heavy atom. The van der Waals surface area contributed by atoms with Crippen LogP contribution >= 0.6 is 23.6 Å². The van der Waals surface area contributed by atoms with Crippen molar-refractivity contribution >= 4 is 56.2 Å². The van der Waals surface area contributed by atoms with Crippen LogP contribution in [0.3, 0.4) is 0 Å². The lowest BCUT2D eigenvalue weighted by molar-refractivity contribution is 0.0949. The van der Waals surface area contributed by atoms with Crippen LogP contribution in [0.15, 0.2) is 91.0 Å². The predicted molar refractivity (Wildman–Crippen MR) is 146 cm³/mol. The summed E-state index contributed by atoms with van der Waals surface area (Å²) in [5, 5.41) is 12.9. The number of hydrogen-bond acceptors (Lipinski definition) is 6. The van der Waals surface area contributed by atoms with Crippen LogP contribution in [0.1, 0.15) is 9.67 Å². The highest BCUT2D eigenvalue weighted by molar-refractivity contribution is 7.80. The Morgan fingerprint density at radius 2 is 1.40 bits per heavy atom. The number of anilines is 2. The molecule has 5 aromatic rings. The molecule has 0 aliphatic heterocycles. The second-order valence-corrected chi connectivity index (χ2v) is 8.99. The van der Waals surface area contributed by atoms with Crippen molar-refractivity contribution in [3.05, 3.63) is 95.9 Å². The monoisotopic (exact) mass is 496 g/mol. The molecule has 7 nitrogen and oxygen atoms in total. The van der Waals surface area contributed by atoms with Gasteiger partial charge in [-0.1, -0.05) is 78.9 Å². The molecule has 35 heavy (non-hydrogen) atoms. The van der Waals surface area contributed by atoms with E-state index in [0.717, 1.165) is 22.4 Å². The smallest absolute Gasteiger partial charge is 0.281 e. The van der Waals surface area contributed by atoms with E-state index in [0.29, 0.717) is 26.5 Å². The molecule has 9 heteroatoms. The summed E-state index contributed by atoms with van der Waals surface area (Å²) in [5.41, 5.74) is 16.4. The highest BCUT2D eigenvalue weighted by atomic mass is 32.1. The van der Waals surface area contributed by atoms with Crippen LogP contribution in [-0.4, -0.2) is 21.2 Å². The Morgan fingerprint density at radius 1 is 0.800 bits per heavy atom. The number of para-hydroxylation sites is 1. The average Bonchev–Trinajstić information content (AvgIpc) is 3.25. The number of aromatic nitrogens is 2. The second-order valence-electron chi connectivity index (χ2n) is 7.58. The van der Waals surface area contributed by atoms with Crippen LogP contribution in [0.5, 0.6) is 0 Å². The molecule has 0 spiro atoms. The molecule has 0 radical (unpaired) electrons. The maximum Gasteiger partial charge on any atom is 0.281 e. The van der Waals surface area contributed by atoms with E-state index in [9.17, 15) is 4.79 Å². The normalized spacial score (nSPS) is 10.6. The Balaban J connectivity index is 1.49. The van der Waals surface area contributed by atoms with E-state index in [4.69, 9.17) is 18.0 Å². The number of carbonyl (C=O) groups is 1. The van der Waals surface area contributed by atoms with Crippen LogP contribution < -0.4 is 21.9 Å². The van der Waals surface area contributed by atoms with Crippen LogP contribution in [-0.2, 0) is 0 Å². The van der Waals surface area contributed by atoms with Gasteiger partial charge in [0.15, 0.2) is 5.11 Å². The summed E-state index contributed by atoms with van der Waals surface area (Å²) in [4.78, 5) is 13.9. The van der Waals surface area contributed by atoms with Crippen molar-refractivity contribution in [2.45, 2.75) is 0 Å². The largest absolute Gasteiger partial charge is 0.397 e. The van der Waals surface area contributed by atoms with E-state index in [2.05, 4.69) is 26.4 Å². The van der Waals surface area contributed by atoms with Crippen molar-refractivity contribution < 1.29 is 4.79 Å². The average molecular weight is 497 g/mol. The number of nitrogen functional groups attached to an aromatic ring is 1. The number of nitrogens with zero attached hydrogens (tertiary/aromatic N) is 2. The number of thiophene rings is 1. The van der Waals surface area contributed by atoms with Crippen molar-refractivity contribution in [2.24, 2.45) is 0 Å². The predicted octanol–water partition coefficient (Wildman–Crippen LogP) is 5.24. The number of benzene rings is 3. The van der Waals surface area contributed by atoms with Crippen molar-refractivity contribution in [2.75, 3.05) is 11.1 Å². The Labute approximate surface area is 211 Å². The van der Waals surface area contributed by atoms with Crippen molar-refractivity contribution in [1.82, 2.24) is 21.0 Å². The lowest BCUT2D eigenvalue weighted by atomic mass is 9.96. The summed E-state index contributed by atoms with van der Waals surface area (Å²) < 4.78 is 0. The minimum Gasteiger partial charge on any atom is -0.397 e. The first-order valence-electron chi connectivity index (χ1n) is 10.7. The van der Waals surface area contributed by atoms with Crippen LogP contribution in [0.2, 0.25) is 0 Å². The number of nitrogens with one attached hydrogen (secondary N) is 3. The Bertz CT molecular complexity index is 1510. The molecule has 5 N–H and O–H groups in total. The molecule has 0 saturated carbocycles. The fourth-order valence-electron chi connectivity index (χ4n) is 3.71. The molecular formula is C26H20N6OS2. The Hall–Kier alpha value is -4.34. The number of amides is 1. The topological polar surface area (TPSA) is 105 Å². The number of fused-ring (bicyclic) bond motifs is 1. The van der Waals surface area contributed by atoms with Crippen LogP contribution in [0.25, 0.3) is 32.6 Å². The third-order valence-corrected chi connectivity index (χ3v) is 6.58. The zero-order valence-corrected chi connectivity index (χ0v) is 20.0. The van der Waals surface area contributed by atoms with E-state index in [-0.39, 0.29) is 5.11 Å². The number of thiocarbonyl (C=S) groups is 1. The number of hydrazine groups is 1. The minimum absolute atomic E-state index is 0.250. The van der Waals surface area contributed by atoms with Gasteiger partial charge in [0.05, 0.1) is 5.69 Å². The third-order valence-electron chi connectivity index (χ3n) is 5.29. The summed E-state index contributed by atoms with van der Waals surface area (Å²) in [6.07, 6.45) is 0. The van der Waals surface area contributed by atoms with Crippen LogP contribution in [0, 0.1) is 0 Å². The molecule has 172 valence electrons. The van der Waals surface area contributed by atoms with E-state index < -0.39 is 5.91 Å². The fraction of sp³-hybridized carbons (Fsp3) is 0. The molecule has 1 amide bonds. The van der Waals surface area contributed by atoms with Gasteiger partial charge in [0.25, 0.3) is 5.91 Å². The van der Waals surface area contributed by atoms with E-state index >= 15 is 0 Å². The first-order chi connectivity index (χ1) is 17.1. The molecule has 2 heterocycles. The molecule has 0 atom stereocenters. The summed E-state index contributed by atoms with van der Waals surface area (Å²) in [5.74, 6) is -0.414. The highest BCUT2D eigenvalue weighted by Gasteiger charge is 2.24. The second kappa shape index (κ2) is 9.88. The molecule has 0 bridgehead atoms. The van der Waals surface area contributed by atoms with Gasteiger partial charge in [0, 0.05) is 22.2 Å². The summed E-state index contributed by atoms with van der Waals surface area (Å²) >= 11 is 6.46. The van der Waals surface area contributed by atoms with Gasteiger partial charge in [0.1, 0.15) is 15.4 Å². The van der Waals surface area contributed by atoms with E-state index in [1.54, 1.807) is 0 Å². The van der Waals surface area contributed by atoms with Crippen molar-refractivity contribution in [3.63, 3.8) is 0 Å². The van der Waals surface area contributed by atoms with E-state index in [1.165, 1.54) is 11.3 Å². The van der Waals surface area contributed by atoms with Gasteiger partial charge in [-0.2, -0.15) is 0 Å². The van der Waals surface area contributed by atoms with Gasteiger partial charge in [0.2, 0.25) is 0 Å². The SMILES string of the molecule is Nc1c(C(=O)NNC(=S)Nc2ccccc2)sc2nnc(-c3ccccc3)c(-c3ccccc3)c12. The molecule has 2 aromatic heterocycles. The number of rotatable bonds is 4. The van der Waals surface area contributed by atoms with Crippen LogP contribution in [0.4, 0.5) is 11.4 Å². The van der Waals surface area contributed by atoms with Gasteiger partial charge in [-0.3, -0.25) is 15.6 Å². The highest BCUT2D eigenvalue weighted by Crippen LogP contribution is 2.42. The van der Waals surface area contributed by atoms with Gasteiger partial charge in [-0.15, -0.1) is 21.5 Å². The first-order valence-corrected chi connectivity index (χ1v) is 12.0. The lowest BCUT2D eigenvalue weighted by Gasteiger charge is -2.12. The van der Waals surface area contributed by atoms with Gasteiger partial charge >= 0.3 is 0 Å². The molecule has 0 aliphatic carbocycles. The third kappa shape index (κ3) is 4.68. The summed E-state index contributed by atoms with van der Waals surface area (Å²) in [6, 6.07) is 29.1. The summed E-state index contributed by atoms with van der Waals surface area (Å²) in [7, 11) is 0. The quantitative estimate of drug-likeness (QED) is 0.199. The molecule has 0 unspecified atom stereocenters. The number of hydrogen-bond donors (Lipinski definition) is 4. The zero-order valence-electron chi connectivity index (χ0n) is 18.4. The van der Waals surface area contributed by atoms with Gasteiger partial charge in [-0.25, -0.2) is 0 Å². The molecule has 0 aliphatic rings. The molecule has 3 aromatic carbocycles. The van der Waals surface area contributed by atoms with Crippen molar-refractivity contribution in [1.29, 1.82) is 0 Å². The number of nitrogens with two attached hydrogens (primary N) is 1.